The Kier molecular flexibility index (Phi) is 8.51. The minimum atomic E-state index is -0.207. The van der Waals surface area contributed by atoms with Crippen molar-refractivity contribution < 1.29 is 19.7 Å². The number of para-hydroxylation sites is 1. The van der Waals surface area contributed by atoms with Gasteiger partial charge in [-0.05, 0) is 54.7 Å². The molecule has 2 atom stereocenters. The number of pyridine rings is 1. The molecule has 7 nitrogen and oxygen atoms in total. The lowest BCUT2D eigenvalue weighted by Crippen LogP contribution is -2.28. The number of benzene rings is 3. The van der Waals surface area contributed by atoms with Crippen molar-refractivity contribution in [3.63, 3.8) is 0 Å². The second kappa shape index (κ2) is 12.4. The van der Waals surface area contributed by atoms with E-state index in [0.29, 0.717) is 28.6 Å². The Morgan fingerprint density at radius 1 is 1.10 bits per heavy atom. The van der Waals surface area contributed by atoms with Crippen molar-refractivity contribution >= 4 is 11.6 Å². The number of nitrogens with one attached hydrogen (secondary N) is 1. The van der Waals surface area contributed by atoms with Crippen LogP contribution in [-0.2, 0) is 19.6 Å². The average Bonchev–Trinajstić information content (AvgIpc) is 3.39. The van der Waals surface area contributed by atoms with Crippen LogP contribution in [0.1, 0.15) is 47.3 Å². The van der Waals surface area contributed by atoms with Crippen molar-refractivity contribution in [2.24, 2.45) is 0 Å². The van der Waals surface area contributed by atoms with Crippen LogP contribution in [0.15, 0.2) is 73.1 Å². The average molecular weight is 556 g/mol. The number of fused-ring (bicyclic) bond motifs is 1. The number of aromatic nitrogens is 1. The number of hydrogen-bond acceptors (Lipinski definition) is 7. The van der Waals surface area contributed by atoms with Gasteiger partial charge in [-0.25, -0.2) is 0 Å². The highest BCUT2D eigenvalue weighted by molar-refractivity contribution is 6.32. The molecule has 3 N–H and O–H groups in total. The Morgan fingerprint density at radius 2 is 1.93 bits per heavy atom. The molecule has 0 radical (unpaired) electrons. The van der Waals surface area contributed by atoms with Crippen LogP contribution in [0.3, 0.4) is 0 Å². The summed E-state index contributed by atoms with van der Waals surface area (Å²) in [4.78, 5) is 4.11. The third kappa shape index (κ3) is 6.05. The summed E-state index contributed by atoms with van der Waals surface area (Å²) in [6.07, 6.45) is 4.55. The van der Waals surface area contributed by atoms with Gasteiger partial charge in [-0.2, -0.15) is 5.26 Å². The third-order valence-electron chi connectivity index (χ3n) is 7.03. The molecule has 1 aromatic heterocycles. The van der Waals surface area contributed by atoms with E-state index in [2.05, 4.69) is 22.4 Å². The van der Waals surface area contributed by atoms with E-state index in [1.165, 1.54) is 6.20 Å². The number of phenolic OH excluding ortho intramolecular Hbond substituents is 1. The molecular weight excluding hydrogens is 526 g/mol. The van der Waals surface area contributed by atoms with Gasteiger partial charge in [0.2, 0.25) is 0 Å². The number of aromatic hydroxyl groups is 1. The van der Waals surface area contributed by atoms with Crippen molar-refractivity contribution in [1.82, 2.24) is 10.3 Å². The predicted octanol–water partition coefficient (Wildman–Crippen LogP) is 6.09. The van der Waals surface area contributed by atoms with Crippen LogP contribution < -0.4 is 14.8 Å². The second-order valence-corrected chi connectivity index (χ2v) is 10.3. The zero-order valence-electron chi connectivity index (χ0n) is 22.1. The maximum Gasteiger partial charge on any atom is 0.142 e. The SMILES string of the molecule is C[C@H](CO)NCc1cc(Cl)c(O[C@H]2CCc3c(-c4ccccc4O)cccc32)cc1OCc1cncc(C#N)c1. The summed E-state index contributed by atoms with van der Waals surface area (Å²) in [7, 11) is 0. The highest BCUT2D eigenvalue weighted by Crippen LogP contribution is 2.44. The van der Waals surface area contributed by atoms with Crippen LogP contribution in [-0.4, -0.2) is 27.8 Å². The fourth-order valence-corrected chi connectivity index (χ4v) is 5.15. The molecular formula is C32H30ClN3O4. The quantitative estimate of drug-likeness (QED) is 0.217. The lowest BCUT2D eigenvalue weighted by molar-refractivity contribution is 0.205. The van der Waals surface area contributed by atoms with E-state index in [-0.39, 0.29) is 31.1 Å². The summed E-state index contributed by atoms with van der Waals surface area (Å²) >= 11 is 6.72. The second-order valence-electron chi connectivity index (χ2n) is 9.87. The fraction of sp³-hybridized carbons (Fsp3) is 0.250. The molecule has 5 rings (SSSR count). The number of ether oxygens (including phenoxy) is 2. The number of halogens is 1. The van der Waals surface area contributed by atoms with Crippen molar-refractivity contribution in [1.29, 1.82) is 5.26 Å². The zero-order valence-corrected chi connectivity index (χ0v) is 22.9. The van der Waals surface area contributed by atoms with Crippen LogP contribution >= 0.6 is 11.6 Å². The zero-order chi connectivity index (χ0) is 28.1. The minimum absolute atomic E-state index is 0.00156. The summed E-state index contributed by atoms with van der Waals surface area (Å²) in [5.74, 6) is 1.34. The maximum atomic E-state index is 10.4. The van der Waals surface area contributed by atoms with Gasteiger partial charge in [-0.15, -0.1) is 0 Å². The van der Waals surface area contributed by atoms with Gasteiger partial charge in [0.05, 0.1) is 17.2 Å². The number of nitrogens with zero attached hydrogens (tertiary/aromatic N) is 2. The minimum Gasteiger partial charge on any atom is -0.507 e. The molecule has 4 aromatic rings. The van der Waals surface area contributed by atoms with E-state index in [4.69, 9.17) is 21.1 Å². The summed E-state index contributed by atoms with van der Waals surface area (Å²) in [6, 6.07) is 20.8. The Labute approximate surface area is 238 Å². The molecule has 0 bridgehead atoms. The molecule has 40 heavy (non-hydrogen) atoms. The first-order valence-electron chi connectivity index (χ1n) is 13.2. The van der Waals surface area contributed by atoms with Crippen LogP contribution in [0.25, 0.3) is 11.1 Å². The Bertz CT molecular complexity index is 1550. The van der Waals surface area contributed by atoms with E-state index in [0.717, 1.165) is 46.2 Å². The van der Waals surface area contributed by atoms with Gasteiger partial charge in [-0.3, -0.25) is 4.98 Å². The van der Waals surface area contributed by atoms with Gasteiger partial charge in [0, 0.05) is 47.7 Å². The largest absolute Gasteiger partial charge is 0.507 e. The first kappa shape index (κ1) is 27.5. The van der Waals surface area contributed by atoms with Gasteiger partial charge in [-0.1, -0.05) is 48.0 Å². The Hall–Kier alpha value is -4.09. The molecule has 0 saturated heterocycles. The van der Waals surface area contributed by atoms with E-state index in [1.807, 2.05) is 43.3 Å². The standard InChI is InChI=1S/C32H30ClN3O4/c1-20(18-37)36-17-23-12-28(33)32(13-31(23)39-19-22-11-21(14-34)15-35-16-22)40-30-10-9-25-24(6-4-7-27(25)30)26-5-2-3-8-29(26)38/h2-8,11-13,15-16,20,30,36-38H,9-10,17-19H2,1H3/t20-,30+/m1/s1. The van der Waals surface area contributed by atoms with Gasteiger partial charge in [0.25, 0.3) is 0 Å². The van der Waals surface area contributed by atoms with Crippen LogP contribution in [0.2, 0.25) is 5.02 Å². The molecule has 0 aliphatic heterocycles. The fourth-order valence-electron chi connectivity index (χ4n) is 4.92. The van der Waals surface area contributed by atoms with E-state index < -0.39 is 0 Å². The van der Waals surface area contributed by atoms with Gasteiger partial charge in [0.1, 0.15) is 36.0 Å². The summed E-state index contributed by atoms with van der Waals surface area (Å²) in [6.45, 7) is 2.54. The number of rotatable bonds is 10. The third-order valence-corrected chi connectivity index (χ3v) is 7.32. The highest BCUT2D eigenvalue weighted by Gasteiger charge is 2.28. The number of phenols is 1. The van der Waals surface area contributed by atoms with Crippen molar-refractivity contribution in [3.8, 4) is 34.4 Å². The smallest absolute Gasteiger partial charge is 0.142 e. The lowest BCUT2D eigenvalue weighted by Gasteiger charge is -2.20. The topological polar surface area (TPSA) is 108 Å². The Morgan fingerprint density at radius 3 is 2.73 bits per heavy atom. The molecule has 0 spiro atoms. The van der Waals surface area contributed by atoms with Gasteiger partial charge < -0.3 is 25.0 Å². The summed E-state index contributed by atoms with van der Waals surface area (Å²) in [5.41, 5.74) is 6.08. The van der Waals surface area contributed by atoms with E-state index >= 15 is 0 Å². The van der Waals surface area contributed by atoms with Crippen LogP contribution in [0, 0.1) is 11.3 Å². The van der Waals surface area contributed by atoms with Crippen molar-refractivity contribution in [2.45, 2.75) is 45.1 Å². The lowest BCUT2D eigenvalue weighted by atomic mass is 9.96. The van der Waals surface area contributed by atoms with E-state index in [9.17, 15) is 15.5 Å². The number of aliphatic hydroxyl groups excluding tert-OH is 1. The number of aliphatic hydroxyl groups is 1. The van der Waals surface area contributed by atoms with Crippen LogP contribution in [0.4, 0.5) is 0 Å². The molecule has 0 unspecified atom stereocenters. The molecule has 0 amide bonds. The molecule has 204 valence electrons. The maximum absolute atomic E-state index is 10.4. The molecule has 0 fully saturated rings. The monoisotopic (exact) mass is 555 g/mol. The first-order chi connectivity index (χ1) is 19.5. The highest BCUT2D eigenvalue weighted by atomic mass is 35.5. The van der Waals surface area contributed by atoms with Crippen molar-refractivity contribution in [2.75, 3.05) is 6.61 Å². The number of hydrogen-bond donors (Lipinski definition) is 3. The predicted molar refractivity (Wildman–Crippen MR) is 153 cm³/mol. The number of nitriles is 1. The Balaban J connectivity index is 1.42. The summed E-state index contributed by atoms with van der Waals surface area (Å²) in [5, 5.41) is 32.8. The molecule has 1 heterocycles. The molecule has 8 heteroatoms. The van der Waals surface area contributed by atoms with Gasteiger partial charge >= 0.3 is 0 Å². The normalized spacial score (nSPS) is 14.8. The van der Waals surface area contributed by atoms with E-state index in [1.54, 1.807) is 24.4 Å². The van der Waals surface area contributed by atoms with Crippen LogP contribution in [0.5, 0.6) is 17.2 Å². The first-order valence-corrected chi connectivity index (χ1v) is 13.5. The molecule has 3 aromatic carbocycles. The molecule has 1 aliphatic carbocycles. The summed E-state index contributed by atoms with van der Waals surface area (Å²) < 4.78 is 12.7. The van der Waals surface area contributed by atoms with Gasteiger partial charge in [0.15, 0.2) is 0 Å². The molecule has 1 aliphatic rings. The van der Waals surface area contributed by atoms with Crippen molar-refractivity contribution in [3.05, 3.63) is 106 Å². The molecule has 0 saturated carbocycles.